The predicted molar refractivity (Wildman–Crippen MR) is 122 cm³/mol. The Balaban J connectivity index is 1.63. The molecule has 0 radical (unpaired) electrons. The molecule has 1 fully saturated rings. The van der Waals surface area contributed by atoms with Crippen molar-refractivity contribution in [3.05, 3.63) is 46.5 Å². The fourth-order valence-electron chi connectivity index (χ4n) is 4.49. The first kappa shape index (κ1) is 22.3. The minimum absolute atomic E-state index is 0.0785. The Kier molecular flexibility index (Phi) is 5.72. The Labute approximate surface area is 188 Å². The number of anilines is 2. The quantitative estimate of drug-likeness (QED) is 0.734. The van der Waals surface area contributed by atoms with Gasteiger partial charge in [-0.05, 0) is 63.3 Å². The molecule has 32 heavy (non-hydrogen) atoms. The summed E-state index contributed by atoms with van der Waals surface area (Å²) in [6.07, 6.45) is 1.05. The van der Waals surface area contributed by atoms with Crippen molar-refractivity contribution in [2.45, 2.75) is 51.5 Å². The van der Waals surface area contributed by atoms with Gasteiger partial charge in [0, 0.05) is 18.3 Å². The van der Waals surface area contributed by atoms with Gasteiger partial charge in [0.1, 0.15) is 11.8 Å². The molecule has 0 aromatic heterocycles. The molecule has 0 saturated carbocycles. The van der Waals surface area contributed by atoms with Gasteiger partial charge in [-0.15, -0.1) is 0 Å². The normalized spacial score (nSPS) is 18.6. The van der Waals surface area contributed by atoms with Gasteiger partial charge in [0.05, 0.1) is 10.6 Å². The third-order valence-corrected chi connectivity index (χ3v) is 7.98. The lowest BCUT2D eigenvalue weighted by molar-refractivity contribution is -0.119. The highest BCUT2D eigenvalue weighted by Gasteiger charge is 2.40. The molecule has 0 aliphatic carbocycles. The van der Waals surface area contributed by atoms with E-state index in [2.05, 4.69) is 10.6 Å². The van der Waals surface area contributed by atoms with Crippen LogP contribution in [0, 0.1) is 27.7 Å². The standard InChI is InChI=1S/C23H27N3O5S/c1-13-8-15(3)22(16(4)9-13)25-23(28)18-6-5-7-26(18)32(29,30)20-11-19-17(10-14(20)2)24-21(27)12-31-19/h8-11,18H,5-7,12H2,1-4H3,(H,24,27)(H,25,28). The second-order valence-corrected chi connectivity index (χ2v) is 10.3. The molecule has 1 saturated heterocycles. The van der Waals surface area contributed by atoms with Gasteiger partial charge in [-0.25, -0.2) is 8.42 Å². The average molecular weight is 458 g/mol. The Hall–Kier alpha value is -2.91. The van der Waals surface area contributed by atoms with Crippen LogP contribution in [0.15, 0.2) is 29.2 Å². The van der Waals surface area contributed by atoms with Crippen molar-refractivity contribution in [2.75, 3.05) is 23.8 Å². The molecule has 9 heteroatoms. The van der Waals surface area contributed by atoms with Gasteiger partial charge in [-0.2, -0.15) is 4.31 Å². The maximum Gasteiger partial charge on any atom is 0.262 e. The molecule has 2 heterocycles. The van der Waals surface area contributed by atoms with Gasteiger partial charge in [-0.3, -0.25) is 9.59 Å². The molecule has 0 bridgehead atoms. The topological polar surface area (TPSA) is 105 Å². The number of carbonyl (C=O) groups is 2. The second kappa shape index (κ2) is 8.22. The van der Waals surface area contributed by atoms with Crippen molar-refractivity contribution < 1.29 is 22.7 Å². The highest BCUT2D eigenvalue weighted by molar-refractivity contribution is 7.89. The molecule has 2 aliphatic rings. The fourth-order valence-corrected chi connectivity index (χ4v) is 6.37. The Bertz CT molecular complexity index is 1200. The number of fused-ring (bicyclic) bond motifs is 1. The summed E-state index contributed by atoms with van der Waals surface area (Å²) < 4.78 is 33.8. The zero-order valence-electron chi connectivity index (χ0n) is 18.6. The largest absolute Gasteiger partial charge is 0.482 e. The molecule has 2 aromatic rings. The van der Waals surface area contributed by atoms with E-state index >= 15 is 0 Å². The van der Waals surface area contributed by atoms with Gasteiger partial charge in [-0.1, -0.05) is 17.7 Å². The van der Waals surface area contributed by atoms with Crippen molar-refractivity contribution in [2.24, 2.45) is 0 Å². The first-order chi connectivity index (χ1) is 15.1. The lowest BCUT2D eigenvalue weighted by Gasteiger charge is -2.26. The van der Waals surface area contributed by atoms with Crippen LogP contribution in [0.2, 0.25) is 0 Å². The van der Waals surface area contributed by atoms with Crippen LogP contribution >= 0.6 is 0 Å². The number of amides is 2. The highest BCUT2D eigenvalue weighted by atomic mass is 32.2. The first-order valence-electron chi connectivity index (χ1n) is 10.6. The van der Waals surface area contributed by atoms with E-state index in [-0.39, 0.29) is 29.9 Å². The summed E-state index contributed by atoms with van der Waals surface area (Å²) in [5.41, 5.74) is 4.62. The lowest BCUT2D eigenvalue weighted by atomic mass is 10.0. The van der Waals surface area contributed by atoms with E-state index in [0.29, 0.717) is 29.8 Å². The van der Waals surface area contributed by atoms with Crippen molar-refractivity contribution in [1.82, 2.24) is 4.31 Å². The van der Waals surface area contributed by atoms with Crippen LogP contribution in [0.25, 0.3) is 0 Å². The number of benzene rings is 2. The minimum atomic E-state index is -3.95. The summed E-state index contributed by atoms with van der Waals surface area (Å²) >= 11 is 0. The van der Waals surface area contributed by atoms with E-state index in [9.17, 15) is 18.0 Å². The van der Waals surface area contributed by atoms with E-state index in [1.165, 1.54) is 10.4 Å². The number of rotatable bonds is 4. The van der Waals surface area contributed by atoms with Crippen LogP contribution in [0.3, 0.4) is 0 Å². The Morgan fingerprint density at radius 1 is 1.09 bits per heavy atom. The molecule has 2 amide bonds. The number of ether oxygens (including phenoxy) is 1. The first-order valence-corrected chi connectivity index (χ1v) is 12.0. The molecule has 4 rings (SSSR count). The number of aryl methyl sites for hydroxylation is 4. The summed E-state index contributed by atoms with van der Waals surface area (Å²) in [4.78, 5) is 24.8. The SMILES string of the molecule is Cc1cc(C)c(NC(=O)C2CCCN2S(=O)(=O)c2cc3c(cc2C)NC(=O)CO3)c(C)c1. The van der Waals surface area contributed by atoms with Crippen LogP contribution in [0.4, 0.5) is 11.4 Å². The fraction of sp³-hybridized carbons (Fsp3) is 0.391. The summed E-state index contributed by atoms with van der Waals surface area (Å²) in [5, 5.41) is 5.63. The van der Waals surface area contributed by atoms with E-state index in [0.717, 1.165) is 22.4 Å². The molecule has 1 unspecified atom stereocenters. The van der Waals surface area contributed by atoms with E-state index < -0.39 is 16.1 Å². The van der Waals surface area contributed by atoms with E-state index in [1.54, 1.807) is 13.0 Å². The molecule has 2 N–H and O–H groups in total. The van der Waals surface area contributed by atoms with Crippen LogP contribution in [0.1, 0.15) is 35.1 Å². The van der Waals surface area contributed by atoms with Crippen molar-refractivity contribution >= 4 is 33.2 Å². The maximum atomic E-state index is 13.6. The maximum absolute atomic E-state index is 13.6. The average Bonchev–Trinajstić information content (AvgIpc) is 3.20. The number of hydrogen-bond donors (Lipinski definition) is 2. The third-order valence-electron chi connectivity index (χ3n) is 5.93. The summed E-state index contributed by atoms with van der Waals surface area (Å²) in [5.74, 6) is -0.314. The summed E-state index contributed by atoms with van der Waals surface area (Å²) in [7, 11) is -3.95. The van der Waals surface area contributed by atoms with Crippen molar-refractivity contribution in [1.29, 1.82) is 0 Å². The monoisotopic (exact) mass is 457 g/mol. The van der Waals surface area contributed by atoms with Gasteiger partial charge in [0.25, 0.3) is 5.91 Å². The summed E-state index contributed by atoms with van der Waals surface area (Å²) in [6.45, 7) is 7.60. The Morgan fingerprint density at radius 2 is 1.78 bits per heavy atom. The molecular formula is C23H27N3O5S. The number of carbonyl (C=O) groups excluding carboxylic acids is 2. The van der Waals surface area contributed by atoms with Gasteiger partial charge < -0.3 is 15.4 Å². The Morgan fingerprint density at radius 3 is 2.47 bits per heavy atom. The number of nitrogens with zero attached hydrogens (tertiary/aromatic N) is 1. The minimum Gasteiger partial charge on any atom is -0.482 e. The molecular weight excluding hydrogens is 430 g/mol. The van der Waals surface area contributed by atoms with Crippen molar-refractivity contribution in [3.8, 4) is 5.75 Å². The molecule has 0 spiro atoms. The summed E-state index contributed by atoms with van der Waals surface area (Å²) in [6, 6.07) is 6.20. The number of sulfonamides is 1. The van der Waals surface area contributed by atoms with Crippen LogP contribution in [-0.2, 0) is 19.6 Å². The van der Waals surface area contributed by atoms with Crippen molar-refractivity contribution in [3.63, 3.8) is 0 Å². The van der Waals surface area contributed by atoms with Gasteiger partial charge >= 0.3 is 0 Å². The predicted octanol–water partition coefficient (Wildman–Crippen LogP) is 3.04. The molecule has 2 aliphatic heterocycles. The van der Waals surface area contributed by atoms with Crippen LogP contribution < -0.4 is 15.4 Å². The third kappa shape index (κ3) is 3.98. The number of nitrogens with one attached hydrogen (secondary N) is 2. The number of hydrogen-bond acceptors (Lipinski definition) is 5. The van der Waals surface area contributed by atoms with Crippen LogP contribution in [-0.4, -0.2) is 43.7 Å². The zero-order chi connectivity index (χ0) is 23.2. The van der Waals surface area contributed by atoms with Crippen LogP contribution in [0.5, 0.6) is 5.75 Å². The zero-order valence-corrected chi connectivity index (χ0v) is 19.4. The second-order valence-electron chi connectivity index (χ2n) is 8.49. The molecule has 8 nitrogen and oxygen atoms in total. The lowest BCUT2D eigenvalue weighted by Crippen LogP contribution is -2.43. The molecule has 2 aromatic carbocycles. The van der Waals surface area contributed by atoms with E-state index in [1.807, 2.05) is 32.9 Å². The van der Waals surface area contributed by atoms with Gasteiger partial charge in [0.15, 0.2) is 6.61 Å². The molecule has 170 valence electrons. The highest BCUT2D eigenvalue weighted by Crippen LogP contribution is 2.36. The molecule has 1 atom stereocenters. The van der Waals surface area contributed by atoms with Gasteiger partial charge in [0.2, 0.25) is 15.9 Å². The smallest absolute Gasteiger partial charge is 0.262 e. The van der Waals surface area contributed by atoms with E-state index in [4.69, 9.17) is 4.74 Å².